The zero-order valence-corrected chi connectivity index (χ0v) is 31.9. The van der Waals surface area contributed by atoms with E-state index in [1.54, 1.807) is 0 Å². The Labute approximate surface area is 341 Å². The number of fused-ring (bicyclic) bond motifs is 6. The van der Waals surface area contributed by atoms with Gasteiger partial charge < -0.3 is 4.42 Å². The summed E-state index contributed by atoms with van der Waals surface area (Å²) in [6, 6.07) is 73.3. The number of para-hydroxylation sites is 1. The van der Waals surface area contributed by atoms with Crippen molar-refractivity contribution in [3.8, 4) is 89.5 Å². The van der Waals surface area contributed by atoms with E-state index in [0.29, 0.717) is 5.82 Å². The Hall–Kier alpha value is -7.88. The number of nitrogens with zero attached hydrogens (tertiary/aromatic N) is 2. The molecule has 3 heteroatoms. The monoisotopic (exact) mass is 750 g/mol. The van der Waals surface area contributed by atoms with Crippen LogP contribution in [0.5, 0.6) is 0 Å². The molecule has 2 aromatic heterocycles. The fraction of sp³-hybridized carbons (Fsp3) is 0. The molecule has 12 rings (SSSR count). The largest absolute Gasteiger partial charge is 0.456 e. The molecule has 1 aliphatic rings. The van der Waals surface area contributed by atoms with E-state index in [0.717, 1.165) is 72.3 Å². The number of aromatic nitrogens is 2. The van der Waals surface area contributed by atoms with Crippen LogP contribution < -0.4 is 0 Å². The first kappa shape index (κ1) is 33.3. The van der Waals surface area contributed by atoms with Crippen molar-refractivity contribution < 1.29 is 4.42 Å². The quantitative estimate of drug-likeness (QED) is 0.170. The second-order valence-corrected chi connectivity index (χ2v) is 15.3. The Kier molecular flexibility index (Phi) is 7.54. The van der Waals surface area contributed by atoms with Gasteiger partial charge in [-0.25, -0.2) is 9.97 Å². The van der Waals surface area contributed by atoms with Crippen LogP contribution in [0.4, 0.5) is 0 Å². The van der Waals surface area contributed by atoms with Crippen molar-refractivity contribution in [2.75, 3.05) is 0 Å². The van der Waals surface area contributed by atoms with Crippen LogP contribution in [0.25, 0.3) is 122 Å². The molecule has 0 saturated heterocycles. The fourth-order valence-electron chi connectivity index (χ4n) is 8.99. The van der Waals surface area contributed by atoms with Crippen LogP contribution in [0.2, 0.25) is 0 Å². The molecular formula is C56H34N2O. The Morgan fingerprint density at radius 3 is 1.59 bits per heavy atom. The van der Waals surface area contributed by atoms with Gasteiger partial charge in [-0.1, -0.05) is 164 Å². The molecule has 0 amide bonds. The van der Waals surface area contributed by atoms with Crippen LogP contribution >= 0.6 is 0 Å². The van der Waals surface area contributed by atoms with Gasteiger partial charge in [-0.2, -0.15) is 0 Å². The maximum atomic E-state index is 6.20. The van der Waals surface area contributed by atoms with Gasteiger partial charge >= 0.3 is 0 Å². The van der Waals surface area contributed by atoms with E-state index in [1.807, 2.05) is 30.3 Å². The summed E-state index contributed by atoms with van der Waals surface area (Å²) in [5.41, 5.74) is 18.6. The highest BCUT2D eigenvalue weighted by molar-refractivity contribution is 6.18. The van der Waals surface area contributed by atoms with Gasteiger partial charge in [0.25, 0.3) is 0 Å². The summed E-state index contributed by atoms with van der Waals surface area (Å²) in [6.45, 7) is 0. The van der Waals surface area contributed by atoms with Crippen LogP contribution in [0, 0.1) is 0 Å². The number of furan rings is 1. The lowest BCUT2D eigenvalue weighted by Gasteiger charge is -2.14. The zero-order chi connectivity index (χ0) is 38.9. The van der Waals surface area contributed by atoms with E-state index in [1.165, 1.54) is 44.2 Å². The average Bonchev–Trinajstić information content (AvgIpc) is 3.86. The molecule has 0 N–H and O–H groups in total. The predicted octanol–water partition coefficient (Wildman–Crippen LogP) is 15.2. The minimum absolute atomic E-state index is 0.687. The highest BCUT2D eigenvalue weighted by Crippen LogP contribution is 2.49. The zero-order valence-electron chi connectivity index (χ0n) is 31.9. The number of benzene rings is 9. The molecule has 0 bridgehead atoms. The molecule has 0 saturated carbocycles. The highest BCUT2D eigenvalue weighted by Gasteiger charge is 2.22. The second-order valence-electron chi connectivity index (χ2n) is 15.3. The normalized spacial score (nSPS) is 11.7. The minimum Gasteiger partial charge on any atom is -0.456 e. The van der Waals surface area contributed by atoms with Gasteiger partial charge in [0.05, 0.1) is 11.4 Å². The molecule has 0 spiro atoms. The summed E-state index contributed by atoms with van der Waals surface area (Å²) < 4.78 is 6.20. The summed E-state index contributed by atoms with van der Waals surface area (Å²) >= 11 is 0. The van der Waals surface area contributed by atoms with Crippen molar-refractivity contribution in [1.29, 1.82) is 0 Å². The van der Waals surface area contributed by atoms with Gasteiger partial charge in [0.1, 0.15) is 11.2 Å². The summed E-state index contributed by atoms with van der Waals surface area (Å²) in [5.74, 6) is 0.687. The molecule has 0 atom stereocenters. The van der Waals surface area contributed by atoms with Gasteiger partial charge in [-0.3, -0.25) is 0 Å². The summed E-state index contributed by atoms with van der Waals surface area (Å²) in [6.07, 6.45) is 0. The van der Waals surface area contributed by atoms with Crippen molar-refractivity contribution in [3.05, 3.63) is 206 Å². The smallest absolute Gasteiger partial charge is 0.160 e. The van der Waals surface area contributed by atoms with E-state index >= 15 is 0 Å². The summed E-state index contributed by atoms with van der Waals surface area (Å²) in [7, 11) is 0. The van der Waals surface area contributed by atoms with Gasteiger partial charge in [-0.15, -0.1) is 0 Å². The average molecular weight is 751 g/mol. The lowest BCUT2D eigenvalue weighted by atomic mass is 9.93. The fourth-order valence-corrected chi connectivity index (χ4v) is 8.99. The van der Waals surface area contributed by atoms with Crippen LogP contribution in [-0.4, -0.2) is 9.97 Å². The maximum Gasteiger partial charge on any atom is 0.160 e. The molecule has 0 fully saturated rings. The molecule has 1 aliphatic carbocycles. The van der Waals surface area contributed by atoms with Crippen molar-refractivity contribution in [1.82, 2.24) is 9.97 Å². The third-order valence-corrected chi connectivity index (χ3v) is 11.8. The van der Waals surface area contributed by atoms with E-state index in [4.69, 9.17) is 14.4 Å². The van der Waals surface area contributed by atoms with Gasteiger partial charge in [0.2, 0.25) is 0 Å². The lowest BCUT2D eigenvalue weighted by Crippen LogP contribution is -1.96. The Balaban J connectivity index is 0.995. The lowest BCUT2D eigenvalue weighted by molar-refractivity contribution is 0.669. The first-order valence-corrected chi connectivity index (χ1v) is 20.1. The standard InChI is InChI=1S/C56H34N2O/c1-3-12-35(13-4-1)40-30-41(39-26-29-54-50(33-39)46-18-9-10-21-53(46)59-54)32-42(31-40)52-34-51(57-56(58-52)38-14-5-2-6-15-38)37-24-22-36(23-25-37)43-27-28-49-45-17-8-7-16-44(45)48-20-11-19-47(43)55(48)49/h1-34H. The van der Waals surface area contributed by atoms with Crippen molar-refractivity contribution in [2.24, 2.45) is 0 Å². The second kappa shape index (κ2) is 13.4. The van der Waals surface area contributed by atoms with Gasteiger partial charge in [-0.05, 0) is 109 Å². The van der Waals surface area contributed by atoms with Crippen LogP contribution in [0.1, 0.15) is 0 Å². The minimum atomic E-state index is 0.687. The molecule has 9 aromatic carbocycles. The van der Waals surface area contributed by atoms with Crippen molar-refractivity contribution in [3.63, 3.8) is 0 Å². The molecule has 0 radical (unpaired) electrons. The third kappa shape index (κ3) is 5.59. The molecule has 0 unspecified atom stereocenters. The number of rotatable bonds is 6. The third-order valence-electron chi connectivity index (χ3n) is 11.8. The Bertz CT molecular complexity index is 3390. The molecule has 274 valence electrons. The first-order valence-electron chi connectivity index (χ1n) is 20.1. The summed E-state index contributed by atoms with van der Waals surface area (Å²) in [4.78, 5) is 10.5. The number of hydrogen-bond acceptors (Lipinski definition) is 3. The van der Waals surface area contributed by atoms with Crippen LogP contribution in [-0.2, 0) is 0 Å². The van der Waals surface area contributed by atoms with Gasteiger partial charge in [0, 0.05) is 27.5 Å². The van der Waals surface area contributed by atoms with E-state index < -0.39 is 0 Å². The summed E-state index contributed by atoms with van der Waals surface area (Å²) in [5, 5.41) is 4.82. The molecule has 0 aliphatic heterocycles. The Morgan fingerprint density at radius 2 is 0.814 bits per heavy atom. The van der Waals surface area contributed by atoms with Gasteiger partial charge in [0.15, 0.2) is 5.82 Å². The molecule has 3 nitrogen and oxygen atoms in total. The maximum absolute atomic E-state index is 6.20. The first-order chi connectivity index (χ1) is 29.2. The highest BCUT2D eigenvalue weighted by atomic mass is 16.3. The molecule has 11 aromatic rings. The molecular weight excluding hydrogens is 717 g/mol. The molecule has 59 heavy (non-hydrogen) atoms. The van der Waals surface area contributed by atoms with Crippen molar-refractivity contribution >= 4 is 32.7 Å². The topological polar surface area (TPSA) is 38.9 Å². The van der Waals surface area contributed by atoms with Crippen molar-refractivity contribution in [2.45, 2.75) is 0 Å². The SMILES string of the molecule is c1ccc(-c2cc(-c3ccc4oc5ccccc5c4c3)cc(-c3cc(-c4ccc(-c5ccc6c7c(cccc57)-c5ccccc5-6)cc4)nc(-c4ccccc4)n3)c2)cc1. The van der Waals surface area contributed by atoms with Crippen LogP contribution in [0.3, 0.4) is 0 Å². The van der Waals surface area contributed by atoms with E-state index in [2.05, 4.69) is 176 Å². The number of hydrogen-bond donors (Lipinski definition) is 0. The molecule has 2 heterocycles. The van der Waals surface area contributed by atoms with E-state index in [9.17, 15) is 0 Å². The predicted molar refractivity (Wildman–Crippen MR) is 244 cm³/mol. The Morgan fingerprint density at radius 1 is 0.271 bits per heavy atom. The van der Waals surface area contributed by atoms with Crippen LogP contribution in [0.15, 0.2) is 211 Å². The van der Waals surface area contributed by atoms with E-state index in [-0.39, 0.29) is 0 Å².